The van der Waals surface area contributed by atoms with Gasteiger partial charge in [0.15, 0.2) is 0 Å². The summed E-state index contributed by atoms with van der Waals surface area (Å²) >= 11 is 0. The quantitative estimate of drug-likeness (QED) is 0.500. The summed E-state index contributed by atoms with van der Waals surface area (Å²) in [5.74, 6) is 0.973. The molecule has 0 atom stereocenters. The highest BCUT2D eigenvalue weighted by molar-refractivity contribution is 5.22. The normalized spacial score (nSPS) is 23.5. The van der Waals surface area contributed by atoms with Gasteiger partial charge in [-0.25, -0.2) is 0 Å². The molecule has 0 radical (unpaired) electrons. The summed E-state index contributed by atoms with van der Waals surface area (Å²) in [6.07, 6.45) is 2.93. The third-order valence-corrected chi connectivity index (χ3v) is 1.50. The second-order valence-corrected chi connectivity index (χ2v) is 3.45. The minimum absolute atomic E-state index is 0.0457. The highest BCUT2D eigenvalue weighted by Gasteiger charge is 2.23. The van der Waals surface area contributed by atoms with Crippen molar-refractivity contribution < 1.29 is 4.74 Å². The van der Waals surface area contributed by atoms with Crippen LogP contribution in [0.3, 0.4) is 0 Å². The predicted octanol–water partition coefficient (Wildman–Crippen LogP) is 2.65. The van der Waals surface area contributed by atoms with Gasteiger partial charge in [0.05, 0.1) is 5.76 Å². The summed E-state index contributed by atoms with van der Waals surface area (Å²) in [7, 11) is 0. The molecule has 0 aromatic carbocycles. The van der Waals surface area contributed by atoms with Crippen molar-refractivity contribution in [2.75, 3.05) is 0 Å². The molecule has 0 amide bonds. The van der Waals surface area contributed by atoms with Crippen LogP contribution in [0.25, 0.3) is 0 Å². The fourth-order valence-corrected chi connectivity index (χ4v) is 1.39. The summed E-state index contributed by atoms with van der Waals surface area (Å²) in [6, 6.07) is 0. The molecule has 0 bridgehead atoms. The van der Waals surface area contributed by atoms with Crippen molar-refractivity contribution in [2.24, 2.45) is 0 Å². The van der Waals surface area contributed by atoms with Crippen molar-refractivity contribution in [3.05, 3.63) is 24.0 Å². The van der Waals surface area contributed by atoms with E-state index in [9.17, 15) is 0 Å². The number of allylic oxidation sites excluding steroid dienone is 2. The van der Waals surface area contributed by atoms with Crippen LogP contribution in [0.2, 0.25) is 0 Å². The molecule has 1 heteroatoms. The Labute approximate surface area is 62.4 Å². The Morgan fingerprint density at radius 3 is 2.60 bits per heavy atom. The lowest BCUT2D eigenvalue weighted by Gasteiger charge is -2.31. The maximum Gasteiger partial charge on any atom is 0.107 e. The van der Waals surface area contributed by atoms with Gasteiger partial charge >= 0.3 is 0 Å². The van der Waals surface area contributed by atoms with Crippen molar-refractivity contribution in [3.8, 4) is 0 Å². The molecule has 0 saturated heterocycles. The lowest BCUT2D eigenvalue weighted by atomic mass is 9.96. The minimum Gasteiger partial charge on any atom is -0.492 e. The molecule has 1 heterocycles. The van der Waals surface area contributed by atoms with Crippen molar-refractivity contribution in [2.45, 2.75) is 32.8 Å². The van der Waals surface area contributed by atoms with E-state index in [0.29, 0.717) is 0 Å². The number of hydrogen-bond acceptors (Lipinski definition) is 1. The van der Waals surface area contributed by atoms with E-state index in [4.69, 9.17) is 4.74 Å². The maximum atomic E-state index is 5.54. The molecule has 1 aliphatic rings. The summed E-state index contributed by atoms with van der Waals surface area (Å²) in [5, 5.41) is 0. The van der Waals surface area contributed by atoms with Gasteiger partial charge < -0.3 is 4.74 Å². The van der Waals surface area contributed by atoms with Gasteiger partial charge in [-0.3, -0.25) is 0 Å². The zero-order valence-electron chi connectivity index (χ0n) is 6.90. The first kappa shape index (κ1) is 7.39. The molecule has 56 valence electrons. The van der Waals surface area contributed by atoms with Crippen molar-refractivity contribution >= 4 is 0 Å². The van der Waals surface area contributed by atoms with Crippen LogP contribution >= 0.6 is 0 Å². The monoisotopic (exact) mass is 138 g/mol. The maximum absolute atomic E-state index is 5.54. The van der Waals surface area contributed by atoms with Gasteiger partial charge in [0.25, 0.3) is 0 Å². The second kappa shape index (κ2) is 2.15. The highest BCUT2D eigenvalue weighted by Crippen LogP contribution is 2.28. The number of hydrogen-bond donors (Lipinski definition) is 0. The fraction of sp³-hybridized carbons (Fsp3) is 0.556. The van der Waals surface area contributed by atoms with Gasteiger partial charge in [-0.1, -0.05) is 6.58 Å². The highest BCUT2D eigenvalue weighted by atomic mass is 16.5. The molecule has 1 nitrogen and oxygen atoms in total. The Balaban J connectivity index is 2.80. The van der Waals surface area contributed by atoms with Gasteiger partial charge in [0.2, 0.25) is 0 Å². The zero-order valence-corrected chi connectivity index (χ0v) is 6.90. The molecule has 0 saturated carbocycles. The Morgan fingerprint density at radius 2 is 2.20 bits per heavy atom. The fourth-order valence-electron chi connectivity index (χ4n) is 1.39. The molecule has 1 aliphatic heterocycles. The molecule has 0 fully saturated rings. The van der Waals surface area contributed by atoms with Crippen LogP contribution in [0, 0.1) is 0 Å². The molecule has 0 aliphatic carbocycles. The Kier molecular flexibility index (Phi) is 1.59. The number of ether oxygens (including phenoxy) is 1. The van der Waals surface area contributed by atoms with Crippen LogP contribution in [-0.4, -0.2) is 5.60 Å². The van der Waals surface area contributed by atoms with E-state index in [0.717, 1.165) is 17.8 Å². The van der Waals surface area contributed by atoms with Crippen molar-refractivity contribution in [1.29, 1.82) is 0 Å². The summed E-state index contributed by atoms with van der Waals surface area (Å²) in [6.45, 7) is 10.0. The van der Waals surface area contributed by atoms with E-state index >= 15 is 0 Å². The standard InChI is InChI=1S/C9H14O/c1-7-5-8(2)10-9(3,4)6-7/h5H,1,6H2,2-4H3. The first-order valence-electron chi connectivity index (χ1n) is 3.55. The molecule has 10 heavy (non-hydrogen) atoms. The first-order valence-corrected chi connectivity index (χ1v) is 3.55. The lowest BCUT2D eigenvalue weighted by Crippen LogP contribution is -2.26. The third-order valence-electron chi connectivity index (χ3n) is 1.50. The molecule has 0 aromatic rings. The summed E-state index contributed by atoms with van der Waals surface area (Å²) in [4.78, 5) is 0. The molecule has 0 N–H and O–H groups in total. The van der Waals surface area contributed by atoms with Gasteiger partial charge in [-0.05, 0) is 32.4 Å². The molecule has 1 rings (SSSR count). The van der Waals surface area contributed by atoms with E-state index in [1.54, 1.807) is 0 Å². The Bertz CT molecular complexity index is 187. The van der Waals surface area contributed by atoms with Crippen molar-refractivity contribution in [1.82, 2.24) is 0 Å². The molecule has 0 unspecified atom stereocenters. The molecular formula is C9H14O. The minimum atomic E-state index is -0.0457. The van der Waals surface area contributed by atoms with Crippen LogP contribution in [0.1, 0.15) is 27.2 Å². The van der Waals surface area contributed by atoms with Crippen LogP contribution < -0.4 is 0 Å². The second-order valence-electron chi connectivity index (χ2n) is 3.45. The average Bonchev–Trinajstić information content (AvgIpc) is 1.54. The largest absolute Gasteiger partial charge is 0.492 e. The predicted molar refractivity (Wildman–Crippen MR) is 42.7 cm³/mol. The van der Waals surface area contributed by atoms with Crippen LogP contribution in [0.4, 0.5) is 0 Å². The van der Waals surface area contributed by atoms with E-state index < -0.39 is 0 Å². The topological polar surface area (TPSA) is 9.23 Å². The van der Waals surface area contributed by atoms with Crippen LogP contribution in [0.15, 0.2) is 24.0 Å². The Hall–Kier alpha value is -0.720. The first-order chi connectivity index (χ1) is 4.49. The molecule has 0 spiro atoms. The molecule has 0 aromatic heterocycles. The lowest BCUT2D eigenvalue weighted by molar-refractivity contribution is 0.0294. The van der Waals surface area contributed by atoms with Gasteiger partial charge in [-0.15, -0.1) is 0 Å². The Morgan fingerprint density at radius 1 is 1.60 bits per heavy atom. The SMILES string of the molecule is C=C1C=C(C)OC(C)(C)C1. The van der Waals surface area contributed by atoms with E-state index in [1.165, 1.54) is 0 Å². The van der Waals surface area contributed by atoms with E-state index in [-0.39, 0.29) is 5.60 Å². The van der Waals surface area contributed by atoms with Crippen LogP contribution in [0.5, 0.6) is 0 Å². The van der Waals surface area contributed by atoms with E-state index in [1.807, 2.05) is 13.0 Å². The average molecular weight is 138 g/mol. The van der Waals surface area contributed by atoms with Gasteiger partial charge in [-0.2, -0.15) is 0 Å². The van der Waals surface area contributed by atoms with Crippen molar-refractivity contribution in [3.63, 3.8) is 0 Å². The smallest absolute Gasteiger partial charge is 0.107 e. The van der Waals surface area contributed by atoms with Gasteiger partial charge in [0.1, 0.15) is 5.60 Å². The summed E-state index contributed by atoms with van der Waals surface area (Å²) in [5.41, 5.74) is 1.12. The van der Waals surface area contributed by atoms with Crippen LogP contribution in [-0.2, 0) is 4.74 Å². The molecular weight excluding hydrogens is 124 g/mol. The summed E-state index contributed by atoms with van der Waals surface area (Å²) < 4.78 is 5.54. The van der Waals surface area contributed by atoms with E-state index in [2.05, 4.69) is 20.4 Å². The van der Waals surface area contributed by atoms with Gasteiger partial charge in [0, 0.05) is 6.42 Å². The zero-order chi connectivity index (χ0) is 7.78. The number of rotatable bonds is 0. The third kappa shape index (κ3) is 1.63.